The van der Waals surface area contributed by atoms with E-state index < -0.39 is 30.0 Å². The molecule has 2 atom stereocenters. The zero-order valence-corrected chi connectivity index (χ0v) is 23.3. The molecule has 0 saturated carbocycles. The summed E-state index contributed by atoms with van der Waals surface area (Å²) in [6, 6.07) is 5.77. The number of urea groups is 1. The minimum absolute atomic E-state index is 0.131. The summed E-state index contributed by atoms with van der Waals surface area (Å²) in [5.74, 6) is -1.24. The van der Waals surface area contributed by atoms with Gasteiger partial charge in [-0.3, -0.25) is 9.69 Å². The molecule has 1 aliphatic heterocycles. The smallest absolute Gasteiger partial charge is 0.356 e. The van der Waals surface area contributed by atoms with Gasteiger partial charge in [-0.15, -0.1) is 0 Å². The Morgan fingerprint density at radius 1 is 1.13 bits per heavy atom. The number of nitrogens with two attached hydrogens (primary N) is 1. The molecule has 39 heavy (non-hydrogen) atoms. The number of amides is 3. The molecule has 10 heteroatoms. The normalized spacial score (nSPS) is 15.8. The third-order valence-electron chi connectivity index (χ3n) is 7.49. The molecule has 4 N–H and O–H groups in total. The number of H-pyrrole nitrogens is 1. The van der Waals surface area contributed by atoms with Crippen LogP contribution >= 0.6 is 0 Å². The van der Waals surface area contributed by atoms with Crippen LogP contribution in [0.1, 0.15) is 79.6 Å². The highest BCUT2D eigenvalue weighted by atomic mass is 16.4. The van der Waals surface area contributed by atoms with Crippen LogP contribution in [0.5, 0.6) is 0 Å². The topological polar surface area (TPSA) is 138 Å². The van der Waals surface area contributed by atoms with Gasteiger partial charge >= 0.3 is 12.0 Å². The lowest BCUT2D eigenvalue weighted by molar-refractivity contribution is -0.132. The molecule has 210 valence electrons. The van der Waals surface area contributed by atoms with E-state index in [0.717, 1.165) is 42.1 Å². The molecule has 0 bridgehead atoms. The Morgan fingerprint density at radius 3 is 2.41 bits per heavy atom. The highest BCUT2D eigenvalue weighted by Gasteiger charge is 2.39. The van der Waals surface area contributed by atoms with Gasteiger partial charge in [0.15, 0.2) is 5.69 Å². The summed E-state index contributed by atoms with van der Waals surface area (Å²) >= 11 is 0. The number of hydrogen-bond acceptors (Lipinski definition) is 5. The van der Waals surface area contributed by atoms with Crippen molar-refractivity contribution in [2.45, 2.75) is 71.4 Å². The number of carboxylic acids is 1. The number of likely N-dealkylation sites (tertiary alicyclic amines) is 1. The average Bonchev–Trinajstić information content (AvgIpc) is 3.29. The highest BCUT2D eigenvalue weighted by Crippen LogP contribution is 2.31. The minimum atomic E-state index is -1.17. The lowest BCUT2D eigenvalue weighted by atomic mass is 9.99. The molecule has 0 aliphatic carbocycles. The lowest BCUT2D eigenvalue weighted by Crippen LogP contribution is -2.54. The molecular formula is C29H40N6O4. The first-order chi connectivity index (χ1) is 18.6. The number of carbonyl (C=O) groups excluding carboxylic acids is 2. The standard InChI is InChI=1S/C29H40N6O4/c1-18(2)15-22(30)27(36)35(29(39)34-13-9-5-6-10-14-34)24(26-31-19(3)25(32-26)28(37)38)16-20-17-33(4)23-12-8-7-11-21(20)23/h7-8,11-12,17-18,22,24H,5-6,9-10,13-16,30H2,1-4H3,(H,31,32)(H,37,38)/t22-,24+/m0/s1. The number of nitrogens with one attached hydrogen (secondary N) is 1. The number of rotatable bonds is 8. The van der Waals surface area contributed by atoms with Crippen molar-refractivity contribution in [2.75, 3.05) is 13.1 Å². The van der Waals surface area contributed by atoms with Crippen LogP contribution in [0.2, 0.25) is 0 Å². The Hall–Kier alpha value is -3.66. The quantitative estimate of drug-likeness (QED) is 0.390. The van der Waals surface area contributed by atoms with Gasteiger partial charge < -0.3 is 25.3 Å². The molecule has 10 nitrogen and oxygen atoms in total. The molecule has 1 fully saturated rings. The summed E-state index contributed by atoms with van der Waals surface area (Å²) < 4.78 is 2.01. The number of aromatic nitrogens is 3. The van der Waals surface area contributed by atoms with E-state index in [4.69, 9.17) is 5.73 Å². The second-order valence-electron chi connectivity index (χ2n) is 11.0. The Labute approximate surface area is 229 Å². The molecule has 0 unspecified atom stereocenters. The SMILES string of the molecule is Cc1[nH]c([C@@H](Cc2cn(C)c3ccccc23)N(C(=O)[C@@H](N)CC(C)C)C(=O)N2CCCCCC2)nc1C(=O)O. The number of hydrogen-bond donors (Lipinski definition) is 3. The number of aryl methyl sites for hydroxylation is 2. The van der Waals surface area contributed by atoms with Gasteiger partial charge in [0, 0.05) is 49.4 Å². The Morgan fingerprint density at radius 2 is 1.79 bits per heavy atom. The van der Waals surface area contributed by atoms with Crippen molar-refractivity contribution >= 4 is 28.8 Å². The number of carbonyl (C=O) groups is 3. The van der Waals surface area contributed by atoms with Gasteiger partial charge in [0.05, 0.1) is 6.04 Å². The summed E-state index contributed by atoms with van der Waals surface area (Å²) in [7, 11) is 1.95. The lowest BCUT2D eigenvalue weighted by Gasteiger charge is -2.35. The molecule has 1 saturated heterocycles. The molecule has 3 amide bonds. The predicted octanol–water partition coefficient (Wildman–Crippen LogP) is 4.39. The van der Waals surface area contributed by atoms with Crippen molar-refractivity contribution in [2.24, 2.45) is 18.7 Å². The van der Waals surface area contributed by atoms with Crippen LogP contribution in [-0.4, -0.2) is 66.5 Å². The van der Waals surface area contributed by atoms with Crippen molar-refractivity contribution in [1.82, 2.24) is 24.3 Å². The second kappa shape index (κ2) is 12.0. The number of benzene rings is 1. The fourth-order valence-corrected chi connectivity index (χ4v) is 5.54. The zero-order valence-electron chi connectivity index (χ0n) is 23.3. The predicted molar refractivity (Wildman–Crippen MR) is 149 cm³/mol. The fourth-order valence-electron chi connectivity index (χ4n) is 5.54. The van der Waals surface area contributed by atoms with Crippen LogP contribution in [-0.2, 0) is 18.3 Å². The molecule has 1 aromatic carbocycles. The minimum Gasteiger partial charge on any atom is -0.476 e. The van der Waals surface area contributed by atoms with Crippen LogP contribution in [0.3, 0.4) is 0 Å². The van der Waals surface area contributed by atoms with E-state index in [1.807, 2.05) is 55.9 Å². The number of imidazole rings is 1. The van der Waals surface area contributed by atoms with E-state index >= 15 is 0 Å². The number of fused-ring (bicyclic) bond motifs is 1. The molecule has 2 aromatic heterocycles. The maximum absolute atomic E-state index is 14.2. The van der Waals surface area contributed by atoms with E-state index in [-0.39, 0.29) is 23.9 Å². The third kappa shape index (κ3) is 6.16. The maximum atomic E-state index is 14.2. The number of imide groups is 1. The van der Waals surface area contributed by atoms with Crippen LogP contribution in [0.15, 0.2) is 30.5 Å². The van der Waals surface area contributed by atoms with Crippen LogP contribution in [0.25, 0.3) is 10.9 Å². The average molecular weight is 537 g/mol. The number of aromatic carboxylic acids is 1. The highest BCUT2D eigenvalue weighted by molar-refractivity contribution is 5.98. The molecule has 3 aromatic rings. The summed E-state index contributed by atoms with van der Waals surface area (Å²) in [6.07, 6.45) is 6.45. The van der Waals surface area contributed by atoms with Gasteiger partial charge in [-0.2, -0.15) is 0 Å². The van der Waals surface area contributed by atoms with Gasteiger partial charge in [0.25, 0.3) is 0 Å². The summed E-state index contributed by atoms with van der Waals surface area (Å²) in [5.41, 5.74) is 8.58. The summed E-state index contributed by atoms with van der Waals surface area (Å²) in [5, 5.41) is 10.7. The molecule has 1 aliphatic rings. The first-order valence-corrected chi connectivity index (χ1v) is 13.8. The molecule has 0 spiro atoms. The second-order valence-corrected chi connectivity index (χ2v) is 11.0. The van der Waals surface area contributed by atoms with E-state index in [0.29, 0.717) is 25.2 Å². The number of para-hydroxylation sites is 1. The largest absolute Gasteiger partial charge is 0.476 e. The van der Waals surface area contributed by atoms with E-state index in [2.05, 4.69) is 9.97 Å². The van der Waals surface area contributed by atoms with Crippen molar-refractivity contribution in [3.63, 3.8) is 0 Å². The monoisotopic (exact) mass is 536 g/mol. The number of nitrogens with zero attached hydrogens (tertiary/aromatic N) is 4. The summed E-state index contributed by atoms with van der Waals surface area (Å²) in [4.78, 5) is 50.6. The van der Waals surface area contributed by atoms with Crippen molar-refractivity contribution in [3.8, 4) is 0 Å². The maximum Gasteiger partial charge on any atom is 0.356 e. The Balaban J connectivity index is 1.85. The number of carboxylic acid groups (broad SMARTS) is 1. The van der Waals surface area contributed by atoms with Gasteiger partial charge in [-0.25, -0.2) is 14.6 Å². The van der Waals surface area contributed by atoms with E-state index in [9.17, 15) is 19.5 Å². The van der Waals surface area contributed by atoms with Gasteiger partial charge in [0.1, 0.15) is 11.9 Å². The molecular weight excluding hydrogens is 496 g/mol. The van der Waals surface area contributed by atoms with Crippen LogP contribution in [0, 0.1) is 12.8 Å². The van der Waals surface area contributed by atoms with E-state index in [1.54, 1.807) is 11.8 Å². The zero-order chi connectivity index (χ0) is 28.3. The Kier molecular flexibility index (Phi) is 8.74. The molecule has 3 heterocycles. The van der Waals surface area contributed by atoms with Gasteiger partial charge in [-0.05, 0) is 43.7 Å². The molecule has 4 rings (SSSR count). The van der Waals surface area contributed by atoms with E-state index in [1.165, 1.54) is 4.90 Å². The van der Waals surface area contributed by atoms with Gasteiger partial charge in [-0.1, -0.05) is 44.9 Å². The third-order valence-corrected chi connectivity index (χ3v) is 7.49. The van der Waals surface area contributed by atoms with Crippen molar-refractivity contribution < 1.29 is 19.5 Å². The van der Waals surface area contributed by atoms with Crippen LogP contribution < -0.4 is 5.73 Å². The summed E-state index contributed by atoms with van der Waals surface area (Å²) in [6.45, 7) is 6.71. The molecule has 0 radical (unpaired) electrons. The van der Waals surface area contributed by atoms with Gasteiger partial charge in [0.2, 0.25) is 5.91 Å². The first kappa shape index (κ1) is 28.4. The Bertz CT molecular complexity index is 1330. The van der Waals surface area contributed by atoms with Crippen molar-refractivity contribution in [1.29, 1.82) is 0 Å². The van der Waals surface area contributed by atoms with Crippen molar-refractivity contribution in [3.05, 3.63) is 53.2 Å². The van der Waals surface area contributed by atoms with Crippen LogP contribution in [0.4, 0.5) is 4.79 Å². The first-order valence-electron chi connectivity index (χ1n) is 13.8. The fraction of sp³-hybridized carbons (Fsp3) is 0.517. The number of aromatic amines is 1.